The van der Waals surface area contributed by atoms with Gasteiger partial charge in [0.05, 0.1) is 17.8 Å². The summed E-state index contributed by atoms with van der Waals surface area (Å²) in [5.41, 5.74) is 0. The second-order valence-corrected chi connectivity index (χ2v) is 4.67. The summed E-state index contributed by atoms with van der Waals surface area (Å²) in [4.78, 5) is 33.8. The number of aliphatic carboxylic acids is 1. The third-order valence-corrected chi connectivity index (χ3v) is 2.91. The van der Waals surface area contributed by atoms with Crippen molar-refractivity contribution < 1.29 is 19.5 Å². The highest BCUT2D eigenvalue weighted by molar-refractivity contribution is 7.12. The Hall–Kier alpha value is -1.89. The van der Waals surface area contributed by atoms with E-state index < -0.39 is 17.9 Å². The van der Waals surface area contributed by atoms with E-state index in [1.807, 2.05) is 0 Å². The van der Waals surface area contributed by atoms with E-state index in [0.717, 1.165) is 0 Å². The summed E-state index contributed by atoms with van der Waals surface area (Å²) in [6, 6.07) is 2.94. The Labute approximate surface area is 108 Å². The molecule has 3 N–H and O–H groups in total. The second-order valence-electron chi connectivity index (χ2n) is 3.73. The maximum absolute atomic E-state index is 11.5. The molecule has 0 aromatic carbocycles. The molecule has 0 bridgehead atoms. The zero-order valence-electron chi connectivity index (χ0n) is 9.80. The number of thiophene rings is 1. The predicted molar refractivity (Wildman–Crippen MR) is 66.5 cm³/mol. The highest BCUT2D eigenvalue weighted by Gasteiger charge is 2.12. The van der Waals surface area contributed by atoms with Crippen LogP contribution in [0.25, 0.3) is 0 Å². The number of amides is 2. The minimum atomic E-state index is -0.981. The van der Waals surface area contributed by atoms with Crippen LogP contribution in [0.15, 0.2) is 17.5 Å². The maximum atomic E-state index is 11.5. The third kappa shape index (κ3) is 4.96. The number of carbonyl (C=O) groups excluding carboxylic acids is 2. The summed E-state index contributed by atoms with van der Waals surface area (Å²) in [6.45, 7) is 1.42. The van der Waals surface area contributed by atoms with Crippen LogP contribution in [0.2, 0.25) is 0 Å². The molecular weight excluding hydrogens is 256 g/mol. The van der Waals surface area contributed by atoms with Crippen molar-refractivity contribution in [1.82, 2.24) is 10.6 Å². The van der Waals surface area contributed by atoms with Gasteiger partial charge in [-0.15, -0.1) is 11.3 Å². The van der Waals surface area contributed by atoms with E-state index in [2.05, 4.69) is 10.6 Å². The molecule has 6 nitrogen and oxygen atoms in total. The fourth-order valence-electron chi connectivity index (χ4n) is 1.29. The summed E-state index contributed by atoms with van der Waals surface area (Å²) in [7, 11) is 0. The maximum Gasteiger partial charge on any atom is 0.305 e. The van der Waals surface area contributed by atoms with E-state index in [4.69, 9.17) is 5.11 Å². The molecule has 0 saturated heterocycles. The fraction of sp³-hybridized carbons (Fsp3) is 0.364. The standard InChI is InChI=1S/C11H14N2O4S/c1-7(5-10(15)16)13-9(14)6-12-11(17)8-3-2-4-18-8/h2-4,7H,5-6H2,1H3,(H,12,17)(H,13,14)(H,15,16). The minimum absolute atomic E-state index is 0.148. The number of nitrogens with one attached hydrogen (secondary N) is 2. The molecule has 0 spiro atoms. The molecule has 1 rings (SSSR count). The lowest BCUT2D eigenvalue weighted by Gasteiger charge is -2.11. The van der Waals surface area contributed by atoms with E-state index in [0.29, 0.717) is 4.88 Å². The molecule has 0 fully saturated rings. The van der Waals surface area contributed by atoms with E-state index in [9.17, 15) is 14.4 Å². The van der Waals surface area contributed by atoms with Gasteiger partial charge in [0.2, 0.25) is 5.91 Å². The molecule has 0 radical (unpaired) electrons. The molecule has 7 heteroatoms. The first-order valence-electron chi connectivity index (χ1n) is 5.32. The first-order valence-corrected chi connectivity index (χ1v) is 6.20. The minimum Gasteiger partial charge on any atom is -0.481 e. The Bertz CT molecular complexity index is 430. The quantitative estimate of drug-likeness (QED) is 0.699. The molecule has 2 amide bonds. The van der Waals surface area contributed by atoms with Crippen molar-refractivity contribution in [3.63, 3.8) is 0 Å². The monoisotopic (exact) mass is 270 g/mol. The number of hydrogen-bond acceptors (Lipinski definition) is 4. The third-order valence-electron chi connectivity index (χ3n) is 2.04. The number of hydrogen-bond donors (Lipinski definition) is 3. The molecule has 0 aliphatic heterocycles. The highest BCUT2D eigenvalue weighted by atomic mass is 32.1. The van der Waals surface area contributed by atoms with Gasteiger partial charge < -0.3 is 15.7 Å². The van der Waals surface area contributed by atoms with Crippen LogP contribution in [0, 0.1) is 0 Å². The van der Waals surface area contributed by atoms with Gasteiger partial charge in [-0.1, -0.05) is 6.07 Å². The van der Waals surface area contributed by atoms with Crippen molar-refractivity contribution in [2.75, 3.05) is 6.54 Å². The lowest BCUT2D eigenvalue weighted by Crippen LogP contribution is -2.41. The molecule has 0 saturated carbocycles. The summed E-state index contributed by atoms with van der Waals surface area (Å²) < 4.78 is 0. The Kier molecular flexibility index (Phi) is 5.31. The van der Waals surface area contributed by atoms with Crippen molar-refractivity contribution in [2.45, 2.75) is 19.4 Å². The van der Waals surface area contributed by atoms with Gasteiger partial charge in [0, 0.05) is 6.04 Å². The van der Waals surface area contributed by atoms with Gasteiger partial charge in [0.25, 0.3) is 5.91 Å². The summed E-state index contributed by atoms with van der Waals surface area (Å²) in [5, 5.41) is 15.2. The van der Waals surface area contributed by atoms with Gasteiger partial charge in [-0.2, -0.15) is 0 Å². The average molecular weight is 270 g/mol. The average Bonchev–Trinajstić information content (AvgIpc) is 2.77. The van der Waals surface area contributed by atoms with Crippen LogP contribution >= 0.6 is 11.3 Å². The Morgan fingerprint density at radius 2 is 2.17 bits per heavy atom. The fourth-order valence-corrected chi connectivity index (χ4v) is 1.93. The summed E-state index contributed by atoms with van der Waals surface area (Å²) >= 11 is 1.28. The Morgan fingerprint density at radius 3 is 2.72 bits per heavy atom. The van der Waals surface area contributed by atoms with Crippen LogP contribution in [0.5, 0.6) is 0 Å². The highest BCUT2D eigenvalue weighted by Crippen LogP contribution is 2.07. The Morgan fingerprint density at radius 1 is 1.44 bits per heavy atom. The van der Waals surface area contributed by atoms with Crippen LogP contribution in [0.3, 0.4) is 0 Å². The van der Waals surface area contributed by atoms with E-state index in [1.165, 1.54) is 11.3 Å². The topological polar surface area (TPSA) is 95.5 Å². The van der Waals surface area contributed by atoms with Crippen molar-refractivity contribution in [3.8, 4) is 0 Å². The molecule has 0 aliphatic rings. The molecule has 1 heterocycles. The lowest BCUT2D eigenvalue weighted by molar-refractivity contribution is -0.137. The number of carboxylic acids is 1. The largest absolute Gasteiger partial charge is 0.481 e. The first-order chi connectivity index (χ1) is 8.49. The predicted octanol–water partition coefficient (Wildman–Crippen LogP) is 0.457. The SMILES string of the molecule is CC(CC(=O)O)NC(=O)CNC(=O)c1cccs1. The molecule has 1 unspecified atom stereocenters. The number of carbonyl (C=O) groups is 3. The molecule has 0 aliphatic carbocycles. The first kappa shape index (κ1) is 14.2. The van der Waals surface area contributed by atoms with Crippen LogP contribution in [-0.4, -0.2) is 35.5 Å². The summed E-state index contributed by atoms with van der Waals surface area (Å²) in [6.07, 6.45) is -0.148. The Balaban J connectivity index is 2.29. The number of rotatable bonds is 6. The molecular formula is C11H14N2O4S. The van der Waals surface area contributed by atoms with Gasteiger partial charge >= 0.3 is 5.97 Å². The van der Waals surface area contributed by atoms with Gasteiger partial charge in [-0.25, -0.2) is 0 Å². The van der Waals surface area contributed by atoms with E-state index in [1.54, 1.807) is 24.4 Å². The smallest absolute Gasteiger partial charge is 0.305 e. The number of carboxylic acid groups (broad SMARTS) is 1. The molecule has 98 valence electrons. The van der Waals surface area contributed by atoms with Crippen LogP contribution < -0.4 is 10.6 Å². The zero-order chi connectivity index (χ0) is 13.5. The lowest BCUT2D eigenvalue weighted by atomic mass is 10.2. The van der Waals surface area contributed by atoms with Crippen LogP contribution in [0.1, 0.15) is 23.0 Å². The molecule has 1 atom stereocenters. The van der Waals surface area contributed by atoms with Gasteiger partial charge in [-0.3, -0.25) is 14.4 Å². The zero-order valence-corrected chi connectivity index (χ0v) is 10.6. The van der Waals surface area contributed by atoms with Crippen molar-refractivity contribution in [3.05, 3.63) is 22.4 Å². The summed E-state index contributed by atoms with van der Waals surface area (Å²) in [5.74, 6) is -1.70. The van der Waals surface area contributed by atoms with Gasteiger partial charge in [0.1, 0.15) is 0 Å². The van der Waals surface area contributed by atoms with Crippen molar-refractivity contribution in [1.29, 1.82) is 0 Å². The molecule has 18 heavy (non-hydrogen) atoms. The van der Waals surface area contributed by atoms with Crippen LogP contribution in [0.4, 0.5) is 0 Å². The van der Waals surface area contributed by atoms with Crippen LogP contribution in [-0.2, 0) is 9.59 Å². The van der Waals surface area contributed by atoms with E-state index in [-0.39, 0.29) is 18.9 Å². The van der Waals surface area contributed by atoms with E-state index >= 15 is 0 Å². The normalized spacial score (nSPS) is 11.6. The molecule has 1 aromatic rings. The molecule has 1 aromatic heterocycles. The van der Waals surface area contributed by atoms with Gasteiger partial charge in [0.15, 0.2) is 0 Å². The second kappa shape index (κ2) is 6.75. The van der Waals surface area contributed by atoms with Crippen molar-refractivity contribution >= 4 is 29.1 Å². The van der Waals surface area contributed by atoms with Crippen molar-refractivity contribution in [2.24, 2.45) is 0 Å². The van der Waals surface area contributed by atoms with Gasteiger partial charge in [-0.05, 0) is 18.4 Å².